The number of hydrazone groups is 1. The number of ether oxygens (including phenoxy) is 1. The highest BCUT2D eigenvalue weighted by atomic mass is 16.5. The van der Waals surface area contributed by atoms with E-state index in [9.17, 15) is 4.79 Å². The number of hydrogen-bond acceptors (Lipinski definition) is 3. The Bertz CT molecular complexity index is 1520. The number of carbonyl (C=O) groups excluding carboxylic acids is 1. The molecule has 5 heteroatoms. The normalized spacial score (nSPS) is 11.1. The van der Waals surface area contributed by atoms with Gasteiger partial charge in [0.2, 0.25) is 0 Å². The van der Waals surface area contributed by atoms with Crippen molar-refractivity contribution in [3.8, 4) is 22.7 Å². The van der Waals surface area contributed by atoms with Gasteiger partial charge in [0, 0.05) is 22.5 Å². The SMILES string of the molecule is COc1ccc2ccccc2c1/C=N\NC(=O)c1ccc(-n2c(C)ccc2-c2ccccc2)cc1. The van der Waals surface area contributed by atoms with Crippen molar-refractivity contribution < 1.29 is 9.53 Å². The van der Waals surface area contributed by atoms with Crippen LogP contribution in [0.3, 0.4) is 0 Å². The molecule has 0 atom stereocenters. The Morgan fingerprint density at radius 3 is 2.37 bits per heavy atom. The molecule has 1 heterocycles. The summed E-state index contributed by atoms with van der Waals surface area (Å²) in [5.74, 6) is 0.418. The minimum atomic E-state index is -0.278. The fourth-order valence-corrected chi connectivity index (χ4v) is 4.28. The third-order valence-electron chi connectivity index (χ3n) is 6.04. The molecule has 1 aromatic heterocycles. The molecule has 4 aromatic carbocycles. The molecule has 0 unspecified atom stereocenters. The van der Waals surface area contributed by atoms with Crippen LogP contribution < -0.4 is 10.2 Å². The first-order valence-corrected chi connectivity index (χ1v) is 11.4. The average Bonchev–Trinajstić information content (AvgIpc) is 3.30. The predicted molar refractivity (Wildman–Crippen MR) is 142 cm³/mol. The van der Waals surface area contributed by atoms with Crippen molar-refractivity contribution in [2.45, 2.75) is 6.92 Å². The molecule has 0 aliphatic heterocycles. The number of nitrogens with zero attached hydrogens (tertiary/aromatic N) is 2. The zero-order valence-electron chi connectivity index (χ0n) is 19.6. The molecule has 0 aliphatic carbocycles. The Labute approximate surface area is 204 Å². The number of hydrogen-bond donors (Lipinski definition) is 1. The lowest BCUT2D eigenvalue weighted by atomic mass is 10.0. The number of amides is 1. The fourth-order valence-electron chi connectivity index (χ4n) is 4.28. The van der Waals surface area contributed by atoms with Crippen LogP contribution in [0.25, 0.3) is 27.7 Å². The van der Waals surface area contributed by atoms with Gasteiger partial charge in [-0.25, -0.2) is 5.43 Å². The number of carbonyl (C=O) groups is 1. The molecule has 5 aromatic rings. The van der Waals surface area contributed by atoms with E-state index in [1.54, 1.807) is 13.3 Å². The van der Waals surface area contributed by atoms with E-state index in [4.69, 9.17) is 4.74 Å². The molecule has 0 aliphatic rings. The van der Waals surface area contributed by atoms with Crippen LogP contribution in [0.2, 0.25) is 0 Å². The monoisotopic (exact) mass is 459 g/mol. The molecule has 5 nitrogen and oxygen atoms in total. The molecule has 35 heavy (non-hydrogen) atoms. The van der Waals surface area contributed by atoms with Gasteiger partial charge in [-0.3, -0.25) is 4.79 Å². The number of aromatic nitrogens is 1. The summed E-state index contributed by atoms with van der Waals surface area (Å²) in [6, 6.07) is 33.9. The first-order valence-electron chi connectivity index (χ1n) is 11.4. The number of fused-ring (bicyclic) bond motifs is 1. The summed E-state index contributed by atoms with van der Waals surface area (Å²) in [4.78, 5) is 12.7. The Morgan fingerprint density at radius 1 is 0.857 bits per heavy atom. The lowest BCUT2D eigenvalue weighted by Crippen LogP contribution is -2.17. The summed E-state index contributed by atoms with van der Waals surface area (Å²) in [6.45, 7) is 2.07. The second-order valence-corrected chi connectivity index (χ2v) is 8.21. The van der Waals surface area contributed by atoms with Crippen molar-refractivity contribution in [1.82, 2.24) is 9.99 Å². The van der Waals surface area contributed by atoms with E-state index in [0.29, 0.717) is 11.3 Å². The van der Waals surface area contributed by atoms with E-state index < -0.39 is 0 Å². The molecule has 5 rings (SSSR count). The highest BCUT2D eigenvalue weighted by Gasteiger charge is 2.11. The van der Waals surface area contributed by atoms with E-state index in [2.05, 4.69) is 46.3 Å². The summed E-state index contributed by atoms with van der Waals surface area (Å²) in [7, 11) is 1.62. The molecule has 0 bridgehead atoms. The maximum absolute atomic E-state index is 12.7. The highest BCUT2D eigenvalue weighted by Crippen LogP contribution is 2.27. The van der Waals surface area contributed by atoms with Crippen LogP contribution in [0.4, 0.5) is 0 Å². The first-order chi connectivity index (χ1) is 17.2. The molecule has 1 amide bonds. The standard InChI is InChI=1S/C30H25N3O2/c1-21-12-18-28(23-9-4-3-5-10-23)33(21)25-16-13-24(14-17-25)30(34)32-31-20-27-26-11-7-6-8-22(26)15-19-29(27)35-2/h3-20H,1-2H3,(H,32,34)/b31-20-. The molecule has 0 saturated heterocycles. The fraction of sp³-hybridized carbons (Fsp3) is 0.0667. The van der Waals surface area contributed by atoms with Crippen LogP contribution in [0, 0.1) is 6.92 Å². The molecular formula is C30H25N3O2. The maximum atomic E-state index is 12.7. The van der Waals surface area contributed by atoms with Crippen LogP contribution in [-0.2, 0) is 0 Å². The van der Waals surface area contributed by atoms with Crippen molar-refractivity contribution >= 4 is 22.9 Å². The van der Waals surface area contributed by atoms with Crippen molar-refractivity contribution in [3.05, 3.63) is 120 Å². The molecule has 172 valence electrons. The summed E-state index contributed by atoms with van der Waals surface area (Å²) >= 11 is 0. The minimum Gasteiger partial charge on any atom is -0.496 e. The second-order valence-electron chi connectivity index (χ2n) is 8.21. The number of methoxy groups -OCH3 is 1. The van der Waals surface area contributed by atoms with E-state index in [1.165, 1.54) is 0 Å². The third-order valence-corrected chi connectivity index (χ3v) is 6.04. The number of nitrogens with one attached hydrogen (secondary N) is 1. The smallest absolute Gasteiger partial charge is 0.271 e. The molecular weight excluding hydrogens is 434 g/mol. The van der Waals surface area contributed by atoms with Crippen LogP contribution >= 0.6 is 0 Å². The zero-order chi connectivity index (χ0) is 24.2. The number of aryl methyl sites for hydroxylation is 1. The molecule has 0 spiro atoms. The number of benzene rings is 4. The van der Waals surface area contributed by atoms with Crippen LogP contribution in [-0.4, -0.2) is 23.8 Å². The van der Waals surface area contributed by atoms with E-state index in [0.717, 1.165) is 39.0 Å². The minimum absolute atomic E-state index is 0.278. The van der Waals surface area contributed by atoms with Crippen molar-refractivity contribution in [3.63, 3.8) is 0 Å². The van der Waals surface area contributed by atoms with Crippen molar-refractivity contribution in [2.24, 2.45) is 5.10 Å². The van der Waals surface area contributed by atoms with Crippen LogP contribution in [0.15, 0.2) is 108 Å². The predicted octanol–water partition coefficient (Wildman–Crippen LogP) is 6.38. The van der Waals surface area contributed by atoms with Gasteiger partial charge in [0.25, 0.3) is 5.91 Å². The van der Waals surface area contributed by atoms with Crippen molar-refractivity contribution in [2.75, 3.05) is 7.11 Å². The first kappa shape index (κ1) is 22.2. The van der Waals surface area contributed by atoms with Gasteiger partial charge in [-0.15, -0.1) is 0 Å². The second kappa shape index (κ2) is 9.69. The van der Waals surface area contributed by atoms with Gasteiger partial charge in [-0.1, -0.05) is 60.7 Å². The Hall–Kier alpha value is -4.64. The van der Waals surface area contributed by atoms with E-state index in [1.807, 2.05) is 78.9 Å². The van der Waals surface area contributed by atoms with Gasteiger partial charge in [-0.05, 0) is 65.7 Å². The zero-order valence-corrected chi connectivity index (χ0v) is 19.6. The lowest BCUT2D eigenvalue weighted by Gasteiger charge is -2.13. The Morgan fingerprint density at radius 2 is 1.60 bits per heavy atom. The quantitative estimate of drug-likeness (QED) is 0.237. The summed E-state index contributed by atoms with van der Waals surface area (Å²) in [5, 5.41) is 6.29. The average molecular weight is 460 g/mol. The van der Waals surface area contributed by atoms with E-state index in [-0.39, 0.29) is 5.91 Å². The Balaban J connectivity index is 1.36. The largest absolute Gasteiger partial charge is 0.496 e. The highest BCUT2D eigenvalue weighted by molar-refractivity contribution is 6.03. The van der Waals surface area contributed by atoms with Gasteiger partial charge in [0.15, 0.2) is 0 Å². The van der Waals surface area contributed by atoms with E-state index >= 15 is 0 Å². The molecule has 0 fully saturated rings. The lowest BCUT2D eigenvalue weighted by molar-refractivity contribution is 0.0955. The van der Waals surface area contributed by atoms with Crippen LogP contribution in [0.1, 0.15) is 21.6 Å². The van der Waals surface area contributed by atoms with Gasteiger partial charge in [0.1, 0.15) is 5.75 Å². The maximum Gasteiger partial charge on any atom is 0.271 e. The Kier molecular flexibility index (Phi) is 6.14. The van der Waals surface area contributed by atoms with Gasteiger partial charge in [0.05, 0.1) is 19.0 Å². The summed E-state index contributed by atoms with van der Waals surface area (Å²) < 4.78 is 7.67. The molecule has 0 saturated carbocycles. The topological polar surface area (TPSA) is 55.6 Å². The van der Waals surface area contributed by atoms with Crippen molar-refractivity contribution in [1.29, 1.82) is 0 Å². The van der Waals surface area contributed by atoms with Gasteiger partial charge < -0.3 is 9.30 Å². The van der Waals surface area contributed by atoms with Crippen LogP contribution in [0.5, 0.6) is 5.75 Å². The molecule has 1 N–H and O–H groups in total. The van der Waals surface area contributed by atoms with Gasteiger partial charge >= 0.3 is 0 Å². The summed E-state index contributed by atoms with van der Waals surface area (Å²) in [5.41, 5.74) is 8.34. The molecule has 0 radical (unpaired) electrons. The summed E-state index contributed by atoms with van der Waals surface area (Å²) in [6.07, 6.45) is 1.63. The van der Waals surface area contributed by atoms with Gasteiger partial charge in [-0.2, -0.15) is 5.10 Å². The third kappa shape index (κ3) is 4.44. The number of rotatable bonds is 6.